The normalized spacial score (nSPS) is 15.9. The SMILES string of the molecule is Cc1nc(-c2noc3ccc(C(=O)N4CCC(N(C)C)CC4)cc23)co1. The number of benzene rings is 1. The van der Waals surface area contributed by atoms with Crippen molar-refractivity contribution in [2.75, 3.05) is 27.2 Å². The van der Waals surface area contributed by atoms with E-state index in [1.165, 1.54) is 0 Å². The molecule has 7 nitrogen and oxygen atoms in total. The largest absolute Gasteiger partial charge is 0.449 e. The van der Waals surface area contributed by atoms with Gasteiger partial charge in [0, 0.05) is 31.6 Å². The second-order valence-electron chi connectivity index (χ2n) is 6.98. The third-order valence-electron chi connectivity index (χ3n) is 5.06. The van der Waals surface area contributed by atoms with Crippen molar-refractivity contribution in [3.63, 3.8) is 0 Å². The Hall–Kier alpha value is -2.67. The molecule has 0 saturated carbocycles. The predicted molar refractivity (Wildman–Crippen MR) is 96.9 cm³/mol. The number of oxazole rings is 1. The van der Waals surface area contributed by atoms with E-state index in [0.29, 0.717) is 34.5 Å². The highest BCUT2D eigenvalue weighted by Crippen LogP contribution is 2.29. The van der Waals surface area contributed by atoms with Crippen LogP contribution in [0.25, 0.3) is 22.4 Å². The van der Waals surface area contributed by atoms with Crippen molar-refractivity contribution >= 4 is 16.9 Å². The maximum atomic E-state index is 12.9. The molecule has 26 heavy (non-hydrogen) atoms. The molecule has 1 amide bonds. The van der Waals surface area contributed by atoms with Gasteiger partial charge in [-0.1, -0.05) is 5.16 Å². The van der Waals surface area contributed by atoms with E-state index in [4.69, 9.17) is 8.94 Å². The molecule has 136 valence electrons. The Morgan fingerprint density at radius 2 is 2.04 bits per heavy atom. The third kappa shape index (κ3) is 2.99. The maximum absolute atomic E-state index is 12.9. The number of carbonyl (C=O) groups excluding carboxylic acids is 1. The first kappa shape index (κ1) is 16.8. The smallest absolute Gasteiger partial charge is 0.253 e. The molecule has 1 saturated heterocycles. The van der Waals surface area contributed by atoms with Crippen molar-refractivity contribution in [1.82, 2.24) is 19.9 Å². The molecule has 1 aromatic carbocycles. The number of aromatic nitrogens is 2. The molecule has 0 radical (unpaired) electrons. The van der Waals surface area contributed by atoms with E-state index in [1.807, 2.05) is 11.0 Å². The molecule has 3 aromatic rings. The summed E-state index contributed by atoms with van der Waals surface area (Å²) in [4.78, 5) is 21.4. The molecule has 0 spiro atoms. The molecule has 1 fully saturated rings. The molecule has 4 rings (SSSR count). The number of hydrogen-bond donors (Lipinski definition) is 0. The van der Waals surface area contributed by atoms with Crippen LogP contribution in [0.4, 0.5) is 0 Å². The highest BCUT2D eigenvalue weighted by molar-refractivity contribution is 6.00. The summed E-state index contributed by atoms with van der Waals surface area (Å²) >= 11 is 0. The quantitative estimate of drug-likeness (QED) is 0.720. The first-order valence-corrected chi connectivity index (χ1v) is 8.80. The highest BCUT2D eigenvalue weighted by Gasteiger charge is 2.25. The molecule has 3 heterocycles. The minimum absolute atomic E-state index is 0.0487. The van der Waals surface area contributed by atoms with Gasteiger partial charge < -0.3 is 18.7 Å². The lowest BCUT2D eigenvalue weighted by atomic mass is 10.0. The molecular weight excluding hydrogens is 332 g/mol. The van der Waals surface area contributed by atoms with Gasteiger partial charge in [-0.3, -0.25) is 4.79 Å². The van der Waals surface area contributed by atoms with Gasteiger partial charge in [0.1, 0.15) is 17.7 Å². The zero-order chi connectivity index (χ0) is 18.3. The fourth-order valence-corrected chi connectivity index (χ4v) is 3.50. The number of nitrogens with zero attached hydrogens (tertiary/aromatic N) is 4. The summed E-state index contributed by atoms with van der Waals surface area (Å²) in [6.07, 6.45) is 3.54. The summed E-state index contributed by atoms with van der Waals surface area (Å²) in [7, 11) is 4.18. The highest BCUT2D eigenvalue weighted by atomic mass is 16.5. The number of carbonyl (C=O) groups is 1. The summed E-state index contributed by atoms with van der Waals surface area (Å²) in [5.41, 5.74) is 2.48. The second-order valence-corrected chi connectivity index (χ2v) is 6.98. The van der Waals surface area contributed by atoms with E-state index in [1.54, 1.807) is 25.3 Å². The number of fused-ring (bicyclic) bond motifs is 1. The molecule has 0 unspecified atom stereocenters. The van der Waals surface area contributed by atoms with Crippen molar-refractivity contribution in [2.45, 2.75) is 25.8 Å². The van der Waals surface area contributed by atoms with Crippen LogP contribution in [0.3, 0.4) is 0 Å². The van der Waals surface area contributed by atoms with E-state index in [9.17, 15) is 4.79 Å². The van der Waals surface area contributed by atoms with Gasteiger partial charge in [-0.25, -0.2) is 4.98 Å². The van der Waals surface area contributed by atoms with E-state index in [-0.39, 0.29) is 5.91 Å². The van der Waals surface area contributed by atoms with Crippen LogP contribution in [0.5, 0.6) is 0 Å². The van der Waals surface area contributed by atoms with Gasteiger partial charge in [-0.05, 0) is 45.1 Å². The van der Waals surface area contributed by atoms with Crippen molar-refractivity contribution in [3.05, 3.63) is 35.9 Å². The van der Waals surface area contributed by atoms with Crippen LogP contribution < -0.4 is 0 Å². The standard InChI is InChI=1S/C19H22N4O3/c1-12-20-16(11-25-12)18-15-10-13(4-5-17(15)26-21-18)19(24)23-8-6-14(7-9-23)22(2)3/h4-5,10-11,14H,6-9H2,1-3H3. The van der Waals surface area contributed by atoms with Crippen molar-refractivity contribution in [2.24, 2.45) is 0 Å². The van der Waals surface area contributed by atoms with Gasteiger partial charge in [-0.15, -0.1) is 0 Å². The zero-order valence-corrected chi connectivity index (χ0v) is 15.2. The molecule has 0 atom stereocenters. The summed E-state index contributed by atoms with van der Waals surface area (Å²) in [6, 6.07) is 5.97. The number of aryl methyl sites for hydroxylation is 1. The maximum Gasteiger partial charge on any atom is 0.253 e. The first-order valence-electron chi connectivity index (χ1n) is 8.80. The molecule has 1 aliphatic heterocycles. The number of piperidine rings is 1. The Morgan fingerprint density at radius 1 is 1.27 bits per heavy atom. The number of amides is 1. The summed E-state index contributed by atoms with van der Waals surface area (Å²) in [5, 5.41) is 4.86. The fraction of sp³-hybridized carbons (Fsp3) is 0.421. The summed E-state index contributed by atoms with van der Waals surface area (Å²) < 4.78 is 10.6. The number of likely N-dealkylation sites (tertiary alicyclic amines) is 1. The average molecular weight is 354 g/mol. The fourth-order valence-electron chi connectivity index (χ4n) is 3.50. The lowest BCUT2D eigenvalue weighted by Gasteiger charge is -2.35. The van der Waals surface area contributed by atoms with Gasteiger partial charge in [0.15, 0.2) is 11.5 Å². The van der Waals surface area contributed by atoms with E-state index < -0.39 is 0 Å². The zero-order valence-electron chi connectivity index (χ0n) is 15.2. The minimum atomic E-state index is 0.0487. The van der Waals surface area contributed by atoms with Crippen LogP contribution in [0.15, 0.2) is 33.4 Å². The molecule has 1 aliphatic rings. The Labute approximate surface area is 151 Å². The Balaban J connectivity index is 1.60. The minimum Gasteiger partial charge on any atom is -0.449 e. The van der Waals surface area contributed by atoms with Gasteiger partial charge >= 0.3 is 0 Å². The molecule has 0 N–H and O–H groups in total. The van der Waals surface area contributed by atoms with Crippen molar-refractivity contribution in [1.29, 1.82) is 0 Å². The van der Waals surface area contributed by atoms with E-state index in [0.717, 1.165) is 31.3 Å². The monoisotopic (exact) mass is 354 g/mol. The topological polar surface area (TPSA) is 75.6 Å². The number of hydrogen-bond acceptors (Lipinski definition) is 6. The second kappa shape index (κ2) is 6.57. The molecule has 7 heteroatoms. The van der Waals surface area contributed by atoms with Crippen LogP contribution in [0, 0.1) is 6.92 Å². The summed E-state index contributed by atoms with van der Waals surface area (Å²) in [5.74, 6) is 0.611. The van der Waals surface area contributed by atoms with E-state index in [2.05, 4.69) is 29.1 Å². The van der Waals surface area contributed by atoms with Crippen LogP contribution in [-0.4, -0.2) is 59.1 Å². The van der Waals surface area contributed by atoms with Crippen molar-refractivity contribution < 1.29 is 13.7 Å². The number of rotatable bonds is 3. The molecule has 0 bridgehead atoms. The van der Waals surface area contributed by atoms with E-state index >= 15 is 0 Å². The molecular formula is C19H22N4O3. The van der Waals surface area contributed by atoms with Crippen molar-refractivity contribution in [3.8, 4) is 11.4 Å². The average Bonchev–Trinajstić information content (AvgIpc) is 3.26. The first-order chi connectivity index (χ1) is 12.5. The van der Waals surface area contributed by atoms with Crippen LogP contribution in [0.2, 0.25) is 0 Å². The van der Waals surface area contributed by atoms with Gasteiger partial charge in [0.05, 0.1) is 5.39 Å². The van der Waals surface area contributed by atoms with Crippen LogP contribution in [0.1, 0.15) is 29.1 Å². The van der Waals surface area contributed by atoms with Gasteiger partial charge in [-0.2, -0.15) is 0 Å². The van der Waals surface area contributed by atoms with Crippen LogP contribution >= 0.6 is 0 Å². The molecule has 0 aliphatic carbocycles. The summed E-state index contributed by atoms with van der Waals surface area (Å²) in [6.45, 7) is 3.33. The lowest BCUT2D eigenvalue weighted by Crippen LogP contribution is -2.44. The van der Waals surface area contributed by atoms with Gasteiger partial charge in [0.25, 0.3) is 5.91 Å². The third-order valence-corrected chi connectivity index (χ3v) is 5.06. The Kier molecular flexibility index (Phi) is 4.24. The Morgan fingerprint density at radius 3 is 2.69 bits per heavy atom. The molecule has 2 aromatic heterocycles. The van der Waals surface area contributed by atoms with Gasteiger partial charge in [0.2, 0.25) is 0 Å². The lowest BCUT2D eigenvalue weighted by molar-refractivity contribution is 0.0663. The Bertz CT molecular complexity index is 935. The van der Waals surface area contributed by atoms with Crippen LogP contribution in [-0.2, 0) is 0 Å². The predicted octanol–water partition coefficient (Wildman–Crippen LogP) is 2.96.